The van der Waals surface area contributed by atoms with E-state index in [1.807, 2.05) is 60.7 Å². The van der Waals surface area contributed by atoms with E-state index in [9.17, 15) is 10.5 Å². The number of benzene rings is 5. The van der Waals surface area contributed by atoms with Gasteiger partial charge in [0.15, 0.2) is 0 Å². The molecular weight excluding hydrogens is 498 g/mol. The molecule has 0 aliphatic rings. The lowest BCUT2D eigenvalue weighted by Gasteiger charge is -2.13. The summed E-state index contributed by atoms with van der Waals surface area (Å²) in [5.41, 5.74) is 9.20. The molecule has 2 heterocycles. The molecule has 7 rings (SSSR count). The van der Waals surface area contributed by atoms with E-state index >= 15 is 0 Å². The summed E-state index contributed by atoms with van der Waals surface area (Å²) in [6, 6.07) is 38.1. The second kappa shape index (κ2) is 9.15. The topological polar surface area (TPSA) is 86.2 Å². The number of hydrogen-bond acceptors (Lipinski definition) is 6. The Bertz CT molecular complexity index is 2130. The van der Waals surface area contributed by atoms with Gasteiger partial charge in [-0.1, -0.05) is 72.8 Å². The molecule has 0 aliphatic carbocycles. The molecule has 0 saturated carbocycles. The van der Waals surface area contributed by atoms with Crippen LogP contribution in [0.25, 0.3) is 66.2 Å². The van der Waals surface area contributed by atoms with Crippen molar-refractivity contribution in [3.05, 3.63) is 114 Å². The number of nitriles is 2. The second-order valence-corrected chi connectivity index (χ2v) is 9.74. The smallest absolute Gasteiger partial charge is 0.114 e. The average Bonchev–Trinajstić information content (AvgIpc) is 3.50. The van der Waals surface area contributed by atoms with E-state index in [0.29, 0.717) is 11.1 Å². The fraction of sp³-hybridized carbons (Fsp3) is 0. The van der Waals surface area contributed by atoms with Crippen LogP contribution in [0.2, 0.25) is 0 Å². The summed E-state index contributed by atoms with van der Waals surface area (Å²) < 4.78 is 9.48. The van der Waals surface area contributed by atoms with Gasteiger partial charge in [0.25, 0.3) is 0 Å². The quantitative estimate of drug-likeness (QED) is 0.222. The highest BCUT2D eigenvalue weighted by atomic mass is 32.1. The molecule has 0 spiro atoms. The highest BCUT2D eigenvalue weighted by molar-refractivity contribution is 7.00. The van der Waals surface area contributed by atoms with Crippen molar-refractivity contribution in [2.45, 2.75) is 0 Å². The Hall–Kier alpha value is -5.43. The van der Waals surface area contributed by atoms with Crippen LogP contribution < -0.4 is 0 Å². The third-order valence-electron chi connectivity index (χ3n) is 7.02. The zero-order chi connectivity index (χ0) is 26.3. The maximum atomic E-state index is 9.61. The summed E-state index contributed by atoms with van der Waals surface area (Å²) in [4.78, 5) is 5.09. The molecule has 0 unspecified atom stereocenters. The Labute approximate surface area is 228 Å². The van der Waals surface area contributed by atoms with Crippen LogP contribution in [0.5, 0.6) is 0 Å². The summed E-state index contributed by atoms with van der Waals surface area (Å²) in [5.74, 6) is 0. The number of para-hydroxylation sites is 1. The summed E-state index contributed by atoms with van der Waals surface area (Å²) >= 11 is 1.21. The summed E-state index contributed by atoms with van der Waals surface area (Å²) in [6.07, 6.45) is 0. The van der Waals surface area contributed by atoms with E-state index < -0.39 is 0 Å². The SMILES string of the molecule is N#Cc1ccc(C#N)c(-c2ccc(-c3cc4c(-c5ccccc5)nc5ccccc5c4c4nsnc34)cc2)c1. The van der Waals surface area contributed by atoms with Crippen LogP contribution in [-0.4, -0.2) is 13.7 Å². The molecule has 7 aromatic rings. The first kappa shape index (κ1) is 22.7. The van der Waals surface area contributed by atoms with Gasteiger partial charge in [-0.3, -0.25) is 0 Å². The zero-order valence-electron chi connectivity index (χ0n) is 20.5. The molecule has 0 N–H and O–H groups in total. The first-order valence-electron chi connectivity index (χ1n) is 12.3. The van der Waals surface area contributed by atoms with E-state index in [1.165, 1.54) is 11.7 Å². The van der Waals surface area contributed by atoms with Crippen LogP contribution in [0.1, 0.15) is 11.1 Å². The summed E-state index contributed by atoms with van der Waals surface area (Å²) in [7, 11) is 0. The molecule has 5 aromatic carbocycles. The van der Waals surface area contributed by atoms with Gasteiger partial charge in [-0.05, 0) is 41.5 Å². The van der Waals surface area contributed by atoms with E-state index in [1.54, 1.807) is 18.2 Å². The molecule has 0 aliphatic heterocycles. The first-order valence-corrected chi connectivity index (χ1v) is 13.1. The molecular formula is C33H17N5S. The van der Waals surface area contributed by atoms with E-state index in [-0.39, 0.29) is 0 Å². The van der Waals surface area contributed by atoms with Gasteiger partial charge in [0, 0.05) is 32.8 Å². The fourth-order valence-corrected chi connectivity index (χ4v) is 5.75. The molecule has 2 aromatic heterocycles. The molecule has 0 atom stereocenters. The van der Waals surface area contributed by atoms with E-state index in [0.717, 1.165) is 66.2 Å². The minimum absolute atomic E-state index is 0.519. The van der Waals surface area contributed by atoms with Crippen LogP contribution in [0, 0.1) is 22.7 Å². The number of nitrogens with zero attached hydrogens (tertiary/aromatic N) is 5. The summed E-state index contributed by atoms with van der Waals surface area (Å²) in [5, 5.41) is 22.1. The Balaban J connectivity index is 1.48. The van der Waals surface area contributed by atoms with Crippen molar-refractivity contribution in [1.82, 2.24) is 13.7 Å². The average molecular weight is 516 g/mol. The van der Waals surface area contributed by atoms with Gasteiger partial charge in [0.2, 0.25) is 0 Å². The van der Waals surface area contributed by atoms with Gasteiger partial charge in [-0.2, -0.15) is 19.3 Å². The third kappa shape index (κ3) is 3.71. The molecule has 0 amide bonds. The molecule has 0 fully saturated rings. The minimum Gasteiger partial charge on any atom is -0.247 e. The van der Waals surface area contributed by atoms with Gasteiger partial charge in [-0.15, -0.1) is 0 Å². The van der Waals surface area contributed by atoms with Gasteiger partial charge in [0.05, 0.1) is 46.2 Å². The molecule has 0 bridgehead atoms. The molecule has 0 radical (unpaired) electrons. The molecule has 180 valence electrons. The second-order valence-electron chi connectivity index (χ2n) is 9.21. The highest BCUT2D eigenvalue weighted by Gasteiger charge is 2.19. The van der Waals surface area contributed by atoms with Gasteiger partial charge in [0.1, 0.15) is 11.0 Å². The summed E-state index contributed by atoms with van der Waals surface area (Å²) in [6.45, 7) is 0. The van der Waals surface area contributed by atoms with Crippen molar-refractivity contribution in [2.75, 3.05) is 0 Å². The standard InChI is InChI=1S/C33H17N5S/c34-18-20-10-11-24(19-35)26(16-20)21-12-14-22(15-13-21)27-17-28-30(33-32(27)37-39-38-33)25-8-4-5-9-29(25)36-31(28)23-6-2-1-3-7-23/h1-17H. The first-order chi connectivity index (χ1) is 19.2. The Morgan fingerprint density at radius 1 is 0.590 bits per heavy atom. The maximum absolute atomic E-state index is 9.61. The van der Waals surface area contributed by atoms with Crippen LogP contribution in [0.4, 0.5) is 0 Å². The number of pyridine rings is 1. The van der Waals surface area contributed by atoms with Crippen LogP contribution in [0.3, 0.4) is 0 Å². The Morgan fingerprint density at radius 3 is 2.08 bits per heavy atom. The van der Waals surface area contributed by atoms with Crippen molar-refractivity contribution < 1.29 is 0 Å². The normalized spacial score (nSPS) is 11.0. The fourth-order valence-electron chi connectivity index (χ4n) is 5.18. The van der Waals surface area contributed by atoms with Crippen LogP contribution >= 0.6 is 11.7 Å². The number of fused-ring (bicyclic) bond motifs is 5. The van der Waals surface area contributed by atoms with Crippen LogP contribution in [0.15, 0.2) is 103 Å². The lowest BCUT2D eigenvalue weighted by atomic mass is 9.92. The minimum atomic E-state index is 0.519. The predicted octanol–water partition coefficient (Wildman–Crippen LogP) is 8.14. The van der Waals surface area contributed by atoms with Gasteiger partial charge in [-0.25, -0.2) is 4.98 Å². The van der Waals surface area contributed by atoms with Crippen molar-refractivity contribution >= 4 is 44.4 Å². The predicted molar refractivity (Wildman–Crippen MR) is 156 cm³/mol. The maximum Gasteiger partial charge on any atom is 0.114 e. The lowest BCUT2D eigenvalue weighted by Crippen LogP contribution is -1.93. The Kier molecular flexibility index (Phi) is 5.33. The molecule has 6 heteroatoms. The van der Waals surface area contributed by atoms with Crippen molar-refractivity contribution in [3.8, 4) is 45.6 Å². The monoisotopic (exact) mass is 515 g/mol. The highest BCUT2D eigenvalue weighted by Crippen LogP contribution is 2.41. The molecule has 0 saturated heterocycles. The lowest BCUT2D eigenvalue weighted by molar-refractivity contribution is 1.43. The van der Waals surface area contributed by atoms with Crippen molar-refractivity contribution in [1.29, 1.82) is 10.5 Å². The van der Waals surface area contributed by atoms with Gasteiger partial charge < -0.3 is 0 Å². The zero-order valence-corrected chi connectivity index (χ0v) is 21.3. The third-order valence-corrected chi connectivity index (χ3v) is 7.55. The number of hydrogen-bond donors (Lipinski definition) is 0. The van der Waals surface area contributed by atoms with Crippen LogP contribution in [-0.2, 0) is 0 Å². The number of aromatic nitrogens is 3. The Morgan fingerprint density at radius 2 is 1.31 bits per heavy atom. The van der Waals surface area contributed by atoms with Crippen molar-refractivity contribution in [2.24, 2.45) is 0 Å². The van der Waals surface area contributed by atoms with Gasteiger partial charge >= 0.3 is 0 Å². The van der Waals surface area contributed by atoms with Crippen molar-refractivity contribution in [3.63, 3.8) is 0 Å². The number of rotatable bonds is 3. The molecule has 39 heavy (non-hydrogen) atoms. The van der Waals surface area contributed by atoms with E-state index in [4.69, 9.17) is 13.7 Å². The molecule has 5 nitrogen and oxygen atoms in total. The largest absolute Gasteiger partial charge is 0.247 e. The van der Waals surface area contributed by atoms with E-state index in [2.05, 4.69) is 36.4 Å².